The molecule has 5 nitrogen and oxygen atoms in total. The number of amides is 1. The number of alkyl carbamates (subject to hydrolysis) is 1. The predicted molar refractivity (Wildman–Crippen MR) is 79.4 cm³/mol. The van der Waals surface area contributed by atoms with E-state index in [0.29, 0.717) is 19.1 Å². The number of carbonyl (C=O) groups is 1. The van der Waals surface area contributed by atoms with Gasteiger partial charge in [-0.2, -0.15) is 0 Å². The molecule has 1 amide bonds. The van der Waals surface area contributed by atoms with E-state index in [4.69, 9.17) is 4.74 Å². The summed E-state index contributed by atoms with van der Waals surface area (Å²) in [5.74, 6) is 0.449. The molecule has 0 rings (SSSR count). The van der Waals surface area contributed by atoms with Gasteiger partial charge in [0.25, 0.3) is 0 Å². The lowest BCUT2D eigenvalue weighted by Crippen LogP contribution is -2.38. The van der Waals surface area contributed by atoms with Gasteiger partial charge in [-0.05, 0) is 39.4 Å². The van der Waals surface area contributed by atoms with Gasteiger partial charge in [0.15, 0.2) is 0 Å². The van der Waals surface area contributed by atoms with Gasteiger partial charge in [0, 0.05) is 12.6 Å². The smallest absolute Gasteiger partial charge is 0.407 e. The van der Waals surface area contributed by atoms with Gasteiger partial charge in [-0.3, -0.25) is 0 Å². The summed E-state index contributed by atoms with van der Waals surface area (Å²) < 4.78 is 5.18. The van der Waals surface area contributed by atoms with Crippen LogP contribution >= 0.6 is 0 Å². The number of ether oxygens (including phenoxy) is 1. The van der Waals surface area contributed by atoms with Crippen LogP contribution in [0.3, 0.4) is 0 Å². The number of rotatable bonds is 11. The first-order chi connectivity index (χ1) is 9.11. The van der Waals surface area contributed by atoms with E-state index in [-0.39, 0.29) is 12.1 Å². The monoisotopic (exact) mass is 273 g/mol. The maximum atomic E-state index is 11.5. The van der Waals surface area contributed by atoms with Gasteiger partial charge in [0.2, 0.25) is 0 Å². The molecule has 3 N–H and O–H groups in total. The second-order valence-corrected chi connectivity index (χ2v) is 5.18. The molecule has 0 radical (unpaired) electrons. The summed E-state index contributed by atoms with van der Waals surface area (Å²) in [5.41, 5.74) is 0. The Morgan fingerprint density at radius 1 is 1.05 bits per heavy atom. The number of hydrogen-bond acceptors (Lipinski definition) is 4. The van der Waals surface area contributed by atoms with Crippen molar-refractivity contribution in [2.24, 2.45) is 5.92 Å². The van der Waals surface area contributed by atoms with E-state index in [1.54, 1.807) is 0 Å². The summed E-state index contributed by atoms with van der Waals surface area (Å²) in [5, 5.41) is 9.05. The van der Waals surface area contributed by atoms with Gasteiger partial charge in [0.05, 0.1) is 0 Å². The molecule has 0 aromatic carbocycles. The lowest BCUT2D eigenvalue weighted by molar-refractivity contribution is 0.126. The van der Waals surface area contributed by atoms with E-state index < -0.39 is 0 Å². The van der Waals surface area contributed by atoms with Gasteiger partial charge in [-0.15, -0.1) is 0 Å². The zero-order valence-corrected chi connectivity index (χ0v) is 12.9. The van der Waals surface area contributed by atoms with Crippen LogP contribution in [-0.4, -0.2) is 45.9 Å². The van der Waals surface area contributed by atoms with Crippen LogP contribution < -0.4 is 16.0 Å². The lowest BCUT2D eigenvalue weighted by Gasteiger charge is -2.19. The zero-order chi connectivity index (χ0) is 14.5. The highest BCUT2D eigenvalue weighted by Crippen LogP contribution is 2.01. The normalized spacial score (nSPS) is 12.5. The largest absolute Gasteiger partial charge is 0.448 e. The number of likely N-dealkylation sites (N-methyl/N-ethyl adjacent to an activating group) is 1. The van der Waals surface area contributed by atoms with Crippen molar-refractivity contribution in [1.29, 1.82) is 0 Å². The molecule has 0 fully saturated rings. The minimum absolute atomic E-state index is 0.215. The van der Waals surface area contributed by atoms with Crippen molar-refractivity contribution in [2.75, 3.05) is 33.8 Å². The van der Waals surface area contributed by atoms with Gasteiger partial charge < -0.3 is 20.7 Å². The maximum absolute atomic E-state index is 11.5. The van der Waals surface area contributed by atoms with Crippen molar-refractivity contribution < 1.29 is 9.53 Å². The Bertz CT molecular complexity index is 223. The first-order valence-electron chi connectivity index (χ1n) is 7.34. The van der Waals surface area contributed by atoms with E-state index in [2.05, 4.69) is 29.8 Å². The molecular weight excluding hydrogens is 242 g/mol. The highest BCUT2D eigenvalue weighted by Gasteiger charge is 2.13. The van der Waals surface area contributed by atoms with E-state index >= 15 is 0 Å². The van der Waals surface area contributed by atoms with E-state index in [0.717, 1.165) is 19.4 Å². The molecule has 0 aliphatic rings. The minimum Gasteiger partial charge on any atom is -0.448 e. The average Bonchev–Trinajstić information content (AvgIpc) is 2.38. The Balaban J connectivity index is 3.44. The summed E-state index contributed by atoms with van der Waals surface area (Å²) in [6, 6.07) is 0.215. The quantitative estimate of drug-likeness (QED) is 0.502. The zero-order valence-electron chi connectivity index (χ0n) is 12.9. The highest BCUT2D eigenvalue weighted by molar-refractivity contribution is 5.67. The van der Waals surface area contributed by atoms with E-state index in [9.17, 15) is 4.79 Å². The second-order valence-electron chi connectivity index (χ2n) is 5.18. The fourth-order valence-electron chi connectivity index (χ4n) is 1.80. The molecule has 1 atom stereocenters. The predicted octanol–water partition coefficient (Wildman–Crippen LogP) is 1.74. The fourth-order valence-corrected chi connectivity index (χ4v) is 1.80. The van der Waals surface area contributed by atoms with E-state index in [1.165, 1.54) is 12.8 Å². The summed E-state index contributed by atoms with van der Waals surface area (Å²) in [6.45, 7) is 6.39. The van der Waals surface area contributed by atoms with Gasteiger partial charge in [0.1, 0.15) is 6.61 Å². The molecular formula is C14H31N3O2. The molecule has 0 saturated heterocycles. The van der Waals surface area contributed by atoms with Gasteiger partial charge in [-0.1, -0.05) is 26.7 Å². The molecule has 114 valence electrons. The molecule has 0 aliphatic heterocycles. The Labute approximate surface area is 117 Å². The van der Waals surface area contributed by atoms with Crippen molar-refractivity contribution in [1.82, 2.24) is 16.0 Å². The minimum atomic E-state index is -0.309. The van der Waals surface area contributed by atoms with Crippen LogP contribution in [-0.2, 0) is 4.74 Å². The molecule has 0 aromatic heterocycles. The van der Waals surface area contributed by atoms with Gasteiger partial charge in [-0.25, -0.2) is 4.79 Å². The Morgan fingerprint density at radius 2 is 1.68 bits per heavy atom. The second kappa shape index (κ2) is 12.2. The van der Waals surface area contributed by atoms with Crippen LogP contribution in [0.1, 0.15) is 39.5 Å². The van der Waals surface area contributed by atoms with Crippen LogP contribution in [0.15, 0.2) is 0 Å². The standard InChI is InChI=1S/C14H31N3O2/c1-12(2)13(16-4)11-19-14(18)17-10-8-6-5-7-9-15-3/h12-13,15-16H,5-11H2,1-4H3,(H,17,18)/t13-/m0/s1. The average molecular weight is 273 g/mol. The molecule has 0 aliphatic carbocycles. The molecule has 0 spiro atoms. The number of carbonyl (C=O) groups excluding carboxylic acids is 1. The summed E-state index contributed by atoms with van der Waals surface area (Å²) >= 11 is 0. The Morgan fingerprint density at radius 3 is 2.21 bits per heavy atom. The van der Waals surface area contributed by atoms with E-state index in [1.807, 2.05) is 14.1 Å². The SMILES string of the molecule is CNCCCCCCNC(=O)OC[C@H](NC)C(C)C. The fraction of sp³-hybridized carbons (Fsp3) is 0.929. The van der Waals surface area contributed by atoms with Crippen molar-refractivity contribution in [2.45, 2.75) is 45.6 Å². The van der Waals surface area contributed by atoms with Crippen molar-refractivity contribution in [3.8, 4) is 0 Å². The van der Waals surface area contributed by atoms with Crippen LogP contribution in [0.4, 0.5) is 4.79 Å². The summed E-state index contributed by atoms with van der Waals surface area (Å²) in [6.07, 6.45) is 4.24. The lowest BCUT2D eigenvalue weighted by atomic mass is 10.1. The maximum Gasteiger partial charge on any atom is 0.407 e. The Kier molecular flexibility index (Phi) is 11.7. The third-order valence-electron chi connectivity index (χ3n) is 3.19. The number of nitrogens with one attached hydrogen (secondary N) is 3. The number of unbranched alkanes of at least 4 members (excludes halogenated alkanes) is 3. The van der Waals surface area contributed by atoms with Crippen molar-refractivity contribution in [3.63, 3.8) is 0 Å². The molecule has 5 heteroatoms. The Hall–Kier alpha value is -0.810. The summed E-state index contributed by atoms with van der Waals surface area (Å²) in [7, 11) is 3.85. The molecule has 0 aromatic rings. The summed E-state index contributed by atoms with van der Waals surface area (Å²) in [4.78, 5) is 11.5. The molecule has 0 bridgehead atoms. The van der Waals surface area contributed by atoms with Crippen LogP contribution in [0.25, 0.3) is 0 Å². The third-order valence-corrected chi connectivity index (χ3v) is 3.19. The van der Waals surface area contributed by atoms with Crippen molar-refractivity contribution >= 4 is 6.09 Å². The van der Waals surface area contributed by atoms with Crippen LogP contribution in [0.5, 0.6) is 0 Å². The van der Waals surface area contributed by atoms with Crippen LogP contribution in [0, 0.1) is 5.92 Å². The molecule has 0 heterocycles. The van der Waals surface area contributed by atoms with Crippen LogP contribution in [0.2, 0.25) is 0 Å². The van der Waals surface area contributed by atoms with Gasteiger partial charge >= 0.3 is 6.09 Å². The molecule has 0 saturated carbocycles. The number of hydrogen-bond donors (Lipinski definition) is 3. The highest BCUT2D eigenvalue weighted by atomic mass is 16.5. The third kappa shape index (κ3) is 10.8. The molecule has 19 heavy (non-hydrogen) atoms. The first kappa shape index (κ1) is 18.2. The topological polar surface area (TPSA) is 62.4 Å². The molecule has 0 unspecified atom stereocenters. The van der Waals surface area contributed by atoms with Crippen molar-refractivity contribution in [3.05, 3.63) is 0 Å². The first-order valence-corrected chi connectivity index (χ1v) is 7.34.